The van der Waals surface area contributed by atoms with Crippen molar-refractivity contribution in [1.29, 1.82) is 0 Å². The zero-order valence-electron chi connectivity index (χ0n) is 12.7. The van der Waals surface area contributed by atoms with E-state index in [1.807, 2.05) is 0 Å². The maximum absolute atomic E-state index is 13.4. The molecule has 2 aromatic rings. The Morgan fingerprint density at radius 2 is 1.69 bits per heavy atom. The topological polar surface area (TPSA) is 37.3 Å². The number of alkyl halides is 3. The van der Waals surface area contributed by atoms with Gasteiger partial charge < -0.3 is 5.11 Å². The summed E-state index contributed by atoms with van der Waals surface area (Å²) >= 11 is 20.5. The van der Waals surface area contributed by atoms with Crippen molar-refractivity contribution >= 4 is 62.3 Å². The summed E-state index contributed by atoms with van der Waals surface area (Å²) < 4.78 is 40.6. The number of halogens is 7. The van der Waals surface area contributed by atoms with Gasteiger partial charge in [0.2, 0.25) is 0 Å². The number of allylic oxidation sites excluding steroid dienone is 2. The molecule has 0 aliphatic carbocycles. The lowest BCUT2D eigenvalue weighted by Crippen LogP contribution is -2.11. The Labute approximate surface area is 170 Å². The van der Waals surface area contributed by atoms with Gasteiger partial charge in [-0.05, 0) is 57.7 Å². The minimum Gasteiger partial charge on any atom is -0.478 e. The average molecular weight is 489 g/mol. The summed E-state index contributed by atoms with van der Waals surface area (Å²) in [5.41, 5.74) is -0.616. The third-order valence-electron chi connectivity index (χ3n) is 3.41. The van der Waals surface area contributed by atoms with E-state index in [4.69, 9.17) is 39.9 Å². The fourth-order valence-electron chi connectivity index (χ4n) is 2.19. The predicted octanol–water partition coefficient (Wildman–Crippen LogP) is 7.30. The van der Waals surface area contributed by atoms with Gasteiger partial charge in [0.1, 0.15) is 0 Å². The highest BCUT2D eigenvalue weighted by atomic mass is 79.9. The molecule has 26 heavy (non-hydrogen) atoms. The second-order valence-corrected chi connectivity index (χ2v) is 7.24. The van der Waals surface area contributed by atoms with Gasteiger partial charge in [-0.25, -0.2) is 4.79 Å². The number of aromatic carboxylic acids is 1. The van der Waals surface area contributed by atoms with E-state index in [9.17, 15) is 18.0 Å². The van der Waals surface area contributed by atoms with Crippen molar-refractivity contribution in [3.63, 3.8) is 0 Å². The Balaban J connectivity index is 2.43. The van der Waals surface area contributed by atoms with Gasteiger partial charge in [0.05, 0.1) is 26.2 Å². The van der Waals surface area contributed by atoms with Gasteiger partial charge in [-0.15, -0.1) is 0 Å². The number of rotatable bonds is 4. The molecule has 0 radical (unpaired) electrons. The molecule has 0 fully saturated rings. The molecular weight excluding hydrogens is 479 g/mol. The van der Waals surface area contributed by atoms with Crippen LogP contribution in [0, 0.1) is 0 Å². The molecule has 0 saturated heterocycles. The summed E-state index contributed by atoms with van der Waals surface area (Å²) in [6.07, 6.45) is -3.73. The van der Waals surface area contributed by atoms with Crippen LogP contribution in [0.2, 0.25) is 15.1 Å². The van der Waals surface area contributed by atoms with Crippen molar-refractivity contribution in [2.45, 2.75) is 12.6 Å². The van der Waals surface area contributed by atoms with Crippen LogP contribution in [-0.2, 0) is 6.42 Å². The van der Waals surface area contributed by atoms with E-state index in [1.54, 1.807) is 0 Å². The van der Waals surface area contributed by atoms with E-state index in [1.165, 1.54) is 18.2 Å². The number of hydrogen-bond donors (Lipinski definition) is 1. The van der Waals surface area contributed by atoms with E-state index < -0.39 is 17.7 Å². The van der Waals surface area contributed by atoms with Crippen molar-refractivity contribution in [3.05, 3.63) is 72.6 Å². The molecule has 9 heteroatoms. The Kier molecular flexibility index (Phi) is 6.66. The van der Waals surface area contributed by atoms with E-state index in [0.29, 0.717) is 5.56 Å². The van der Waals surface area contributed by atoms with Crippen molar-refractivity contribution < 1.29 is 23.1 Å². The summed E-state index contributed by atoms with van der Waals surface area (Å²) in [6.45, 7) is 0. The summed E-state index contributed by atoms with van der Waals surface area (Å²) in [5.74, 6) is -1.14. The van der Waals surface area contributed by atoms with Crippen LogP contribution in [0.4, 0.5) is 13.2 Å². The molecule has 2 nitrogen and oxygen atoms in total. The quantitative estimate of drug-likeness (QED) is 0.459. The first-order valence-electron chi connectivity index (χ1n) is 6.94. The second kappa shape index (κ2) is 8.21. The van der Waals surface area contributed by atoms with Gasteiger partial charge >= 0.3 is 12.1 Å². The molecule has 0 aromatic heterocycles. The van der Waals surface area contributed by atoms with Gasteiger partial charge in [-0.3, -0.25) is 0 Å². The molecule has 2 rings (SSSR count). The SMILES string of the molecule is O=C(O)c1ccc(C/C=C(/c2cc(Cl)c(Cl)c(Cl)c2)C(F)(F)F)cc1Br. The number of carboxylic acids is 1. The molecule has 0 aliphatic heterocycles. The second-order valence-electron chi connectivity index (χ2n) is 5.19. The highest BCUT2D eigenvalue weighted by Crippen LogP contribution is 2.39. The largest absolute Gasteiger partial charge is 0.478 e. The van der Waals surface area contributed by atoms with Crippen molar-refractivity contribution in [3.8, 4) is 0 Å². The minimum absolute atomic E-state index is 0.0186. The van der Waals surface area contributed by atoms with Crippen molar-refractivity contribution in [2.24, 2.45) is 0 Å². The Morgan fingerprint density at radius 1 is 1.12 bits per heavy atom. The van der Waals surface area contributed by atoms with Gasteiger partial charge in [0.25, 0.3) is 0 Å². The Bertz CT molecular complexity index is 872. The smallest absolute Gasteiger partial charge is 0.416 e. The highest BCUT2D eigenvalue weighted by Gasteiger charge is 2.35. The summed E-state index contributed by atoms with van der Waals surface area (Å²) in [4.78, 5) is 11.0. The van der Waals surface area contributed by atoms with Crippen LogP contribution in [0.15, 0.2) is 40.9 Å². The summed E-state index contributed by atoms with van der Waals surface area (Å²) in [7, 11) is 0. The van der Waals surface area contributed by atoms with Crippen LogP contribution in [0.3, 0.4) is 0 Å². The number of carbonyl (C=O) groups is 1. The number of hydrogen-bond acceptors (Lipinski definition) is 1. The van der Waals surface area contributed by atoms with Crippen molar-refractivity contribution in [2.75, 3.05) is 0 Å². The van der Waals surface area contributed by atoms with Crippen molar-refractivity contribution in [1.82, 2.24) is 0 Å². The first-order valence-corrected chi connectivity index (χ1v) is 8.87. The normalized spacial score (nSPS) is 12.3. The molecule has 0 amide bonds. The van der Waals surface area contributed by atoms with Crippen LogP contribution >= 0.6 is 50.7 Å². The van der Waals surface area contributed by atoms with Gasteiger partial charge in [-0.2, -0.15) is 13.2 Å². The van der Waals surface area contributed by atoms with Crippen LogP contribution in [0.1, 0.15) is 21.5 Å². The first kappa shape index (κ1) is 21.1. The molecule has 0 atom stereocenters. The number of benzene rings is 2. The third-order valence-corrected chi connectivity index (χ3v) is 5.26. The van der Waals surface area contributed by atoms with E-state index >= 15 is 0 Å². The first-order chi connectivity index (χ1) is 12.0. The van der Waals surface area contributed by atoms with Gasteiger partial charge in [0.15, 0.2) is 0 Å². The molecule has 0 bridgehead atoms. The minimum atomic E-state index is -4.64. The molecule has 0 spiro atoms. The Morgan fingerprint density at radius 3 is 2.15 bits per heavy atom. The maximum atomic E-state index is 13.4. The molecule has 138 valence electrons. The van der Waals surface area contributed by atoms with Gasteiger partial charge in [0, 0.05) is 4.47 Å². The van der Waals surface area contributed by atoms with Crippen LogP contribution < -0.4 is 0 Å². The fourth-order valence-corrected chi connectivity index (χ4v) is 3.38. The maximum Gasteiger partial charge on any atom is 0.416 e. The molecular formula is C17H9BrCl3F3O2. The van der Waals surface area contributed by atoms with Crippen LogP contribution in [0.5, 0.6) is 0 Å². The monoisotopic (exact) mass is 486 g/mol. The summed E-state index contributed by atoms with van der Waals surface area (Å²) in [6, 6.07) is 6.41. The Hall–Kier alpha value is -1.21. The molecule has 0 saturated carbocycles. The highest BCUT2D eigenvalue weighted by molar-refractivity contribution is 9.10. The zero-order chi connectivity index (χ0) is 19.6. The van der Waals surface area contributed by atoms with Crippen LogP contribution in [-0.4, -0.2) is 17.3 Å². The van der Waals surface area contributed by atoms with E-state index in [-0.39, 0.29) is 37.1 Å². The van der Waals surface area contributed by atoms with E-state index in [2.05, 4.69) is 15.9 Å². The zero-order valence-corrected chi connectivity index (χ0v) is 16.5. The average Bonchev–Trinajstić information content (AvgIpc) is 2.51. The fraction of sp³-hybridized carbons (Fsp3) is 0.118. The lowest BCUT2D eigenvalue weighted by Gasteiger charge is -2.14. The molecule has 0 unspecified atom stereocenters. The lowest BCUT2D eigenvalue weighted by atomic mass is 10.0. The summed E-state index contributed by atoms with van der Waals surface area (Å²) in [5, 5.41) is 8.79. The van der Waals surface area contributed by atoms with E-state index in [0.717, 1.165) is 18.2 Å². The standard InChI is InChI=1S/C17H9BrCl3F3O2/c18-12-5-8(1-3-10(12)16(25)26)2-4-11(17(22,23)24)9-6-13(19)15(21)14(20)7-9/h1,3-7H,2H2,(H,25,26)/b11-4-. The lowest BCUT2D eigenvalue weighted by molar-refractivity contribution is -0.0690. The number of carboxylic acid groups (broad SMARTS) is 1. The predicted molar refractivity (Wildman–Crippen MR) is 100 cm³/mol. The third kappa shape index (κ3) is 4.94. The molecule has 1 N–H and O–H groups in total. The van der Waals surface area contributed by atoms with Crippen LogP contribution in [0.25, 0.3) is 5.57 Å². The molecule has 0 heterocycles. The molecule has 2 aromatic carbocycles. The van der Waals surface area contributed by atoms with Gasteiger partial charge in [-0.1, -0.05) is 46.9 Å². The molecule has 0 aliphatic rings.